The Labute approximate surface area is 144 Å². The van der Waals surface area contributed by atoms with E-state index in [0.717, 1.165) is 5.56 Å². The summed E-state index contributed by atoms with van der Waals surface area (Å²) in [7, 11) is 0. The quantitative estimate of drug-likeness (QED) is 0.656. The Morgan fingerprint density at radius 1 is 0.917 bits per heavy atom. The summed E-state index contributed by atoms with van der Waals surface area (Å²) in [6.07, 6.45) is 9.10. The zero-order valence-corrected chi connectivity index (χ0v) is 14.3. The van der Waals surface area contributed by atoms with Crippen LogP contribution in [0.1, 0.15) is 66.7 Å². The molecule has 0 aromatic heterocycles. The molecule has 2 aliphatic carbocycles. The Morgan fingerprint density at radius 3 is 2.46 bits per heavy atom. The van der Waals surface area contributed by atoms with Crippen LogP contribution in [0.5, 0.6) is 0 Å². The van der Waals surface area contributed by atoms with Crippen molar-refractivity contribution in [3.63, 3.8) is 0 Å². The summed E-state index contributed by atoms with van der Waals surface area (Å²) in [5, 5.41) is 7.80. The Kier molecular flexibility index (Phi) is 4.10. The first-order valence-corrected chi connectivity index (χ1v) is 9.16. The lowest BCUT2D eigenvalue weighted by Gasteiger charge is -2.38. The molecule has 0 spiro atoms. The van der Waals surface area contributed by atoms with Crippen LogP contribution >= 0.6 is 0 Å². The number of rotatable bonds is 3. The lowest BCUT2D eigenvalue weighted by molar-refractivity contribution is 0.280. The third-order valence-corrected chi connectivity index (χ3v) is 6.00. The Morgan fingerprint density at radius 2 is 1.62 bits per heavy atom. The monoisotopic (exact) mass is 315 g/mol. The topological polar surface area (TPSA) is 23.9 Å². The zero-order valence-electron chi connectivity index (χ0n) is 14.3. The van der Waals surface area contributed by atoms with Gasteiger partial charge in [0.15, 0.2) is 0 Å². The number of hydrogen-bond donors (Lipinski definition) is 1. The lowest BCUT2D eigenvalue weighted by atomic mass is 9.66. The molecule has 2 aromatic rings. The number of nitrogens with one attached hydrogen (secondary N) is 1. The molecule has 1 N–H and O–H groups in total. The highest BCUT2D eigenvalue weighted by molar-refractivity contribution is 5.79. The third-order valence-electron chi connectivity index (χ3n) is 6.00. The average Bonchev–Trinajstić information content (AvgIpc) is 2.97. The second-order valence-electron chi connectivity index (χ2n) is 7.32. The van der Waals surface area contributed by atoms with Crippen molar-refractivity contribution in [3.8, 4) is 0 Å². The molecule has 3 unspecified atom stereocenters. The second kappa shape index (κ2) is 6.39. The Balaban J connectivity index is 1.76. The van der Waals surface area contributed by atoms with Gasteiger partial charge in [-0.05, 0) is 53.9 Å². The zero-order chi connectivity index (χ0) is 16.5. The molecule has 2 aliphatic rings. The van der Waals surface area contributed by atoms with E-state index in [-0.39, 0.29) is 0 Å². The van der Waals surface area contributed by atoms with Crippen LogP contribution < -0.4 is 0 Å². The summed E-state index contributed by atoms with van der Waals surface area (Å²) in [4.78, 5) is 0. The van der Waals surface area contributed by atoms with E-state index in [1.165, 1.54) is 54.2 Å². The molecular formula is C23H25N. The molecule has 0 aliphatic heterocycles. The molecule has 4 rings (SSSR count). The summed E-state index contributed by atoms with van der Waals surface area (Å²) >= 11 is 0. The van der Waals surface area contributed by atoms with Gasteiger partial charge in [0, 0.05) is 12.1 Å². The van der Waals surface area contributed by atoms with Gasteiger partial charge in [0.25, 0.3) is 0 Å². The normalized spacial score (nSPS) is 25.9. The molecular weight excluding hydrogens is 290 g/mol. The van der Waals surface area contributed by atoms with Crippen molar-refractivity contribution in [3.05, 3.63) is 76.4 Å². The van der Waals surface area contributed by atoms with Gasteiger partial charge in [-0.3, -0.25) is 0 Å². The molecule has 1 fully saturated rings. The first kappa shape index (κ1) is 15.4. The minimum atomic E-state index is 0.547. The highest BCUT2D eigenvalue weighted by atomic mass is 14.4. The number of benzene rings is 2. The number of allylic oxidation sites excluding steroid dienone is 1. The Hall–Kier alpha value is -2.15. The van der Waals surface area contributed by atoms with Crippen molar-refractivity contribution in [2.24, 2.45) is 5.92 Å². The molecule has 24 heavy (non-hydrogen) atoms. The number of hydrogen-bond acceptors (Lipinski definition) is 1. The maximum absolute atomic E-state index is 7.80. The maximum atomic E-state index is 7.80. The maximum Gasteiger partial charge on any atom is 0.0253 e. The summed E-state index contributed by atoms with van der Waals surface area (Å²) in [6, 6.07) is 17.4. The van der Waals surface area contributed by atoms with Gasteiger partial charge in [-0.2, -0.15) is 0 Å². The minimum absolute atomic E-state index is 0.547. The molecule has 0 heterocycles. The summed E-state index contributed by atoms with van der Waals surface area (Å²) in [6.45, 7) is 2.30. The van der Waals surface area contributed by atoms with E-state index in [0.29, 0.717) is 17.8 Å². The van der Waals surface area contributed by atoms with Gasteiger partial charge < -0.3 is 5.41 Å². The molecule has 0 saturated heterocycles. The average molecular weight is 315 g/mol. The van der Waals surface area contributed by atoms with E-state index in [4.69, 9.17) is 5.41 Å². The molecule has 1 saturated carbocycles. The molecule has 122 valence electrons. The van der Waals surface area contributed by atoms with Crippen LogP contribution in [-0.2, 0) is 0 Å². The van der Waals surface area contributed by atoms with E-state index < -0.39 is 0 Å². The first-order chi connectivity index (χ1) is 11.8. The van der Waals surface area contributed by atoms with Gasteiger partial charge in [0.05, 0.1) is 0 Å². The van der Waals surface area contributed by atoms with Crippen molar-refractivity contribution in [2.45, 2.75) is 44.4 Å². The molecule has 0 bridgehead atoms. The van der Waals surface area contributed by atoms with E-state index >= 15 is 0 Å². The van der Waals surface area contributed by atoms with Crippen molar-refractivity contribution < 1.29 is 0 Å². The van der Waals surface area contributed by atoms with Gasteiger partial charge in [-0.1, -0.05) is 73.0 Å². The van der Waals surface area contributed by atoms with Crippen molar-refractivity contribution in [2.75, 3.05) is 0 Å². The van der Waals surface area contributed by atoms with Crippen LogP contribution in [0.25, 0.3) is 6.08 Å². The van der Waals surface area contributed by atoms with E-state index in [9.17, 15) is 0 Å². The van der Waals surface area contributed by atoms with Crippen LogP contribution in [0.3, 0.4) is 0 Å². The highest BCUT2D eigenvalue weighted by Gasteiger charge is 2.37. The standard InChI is InChI=1S/C23H25N/c1-16-14-17-8-2-5-11-20(17)23(16)22-13-7-6-12-21(22)19-10-4-3-9-18(19)15-24/h2-5,8-11,14-15,21-24H,6-7,12-13H2,1H3. The van der Waals surface area contributed by atoms with E-state index in [1.54, 1.807) is 0 Å². The van der Waals surface area contributed by atoms with Crippen molar-refractivity contribution in [1.82, 2.24) is 0 Å². The van der Waals surface area contributed by atoms with Gasteiger partial charge in [0.1, 0.15) is 0 Å². The summed E-state index contributed by atoms with van der Waals surface area (Å²) < 4.78 is 0. The predicted molar refractivity (Wildman–Crippen MR) is 102 cm³/mol. The van der Waals surface area contributed by atoms with Gasteiger partial charge in [0.2, 0.25) is 0 Å². The number of fused-ring (bicyclic) bond motifs is 1. The summed E-state index contributed by atoms with van der Waals surface area (Å²) in [5.74, 6) is 1.76. The predicted octanol–water partition coefficient (Wildman–Crippen LogP) is 6.16. The SMILES string of the molecule is CC1=Cc2ccccc2C1C1CCCCC1c1ccccc1C=N. The molecule has 3 atom stereocenters. The fraction of sp³-hybridized carbons (Fsp3) is 0.348. The molecule has 1 heteroatoms. The van der Waals surface area contributed by atoms with Crippen LogP contribution in [0.15, 0.2) is 54.1 Å². The molecule has 0 amide bonds. The largest absolute Gasteiger partial charge is 0.308 e. The van der Waals surface area contributed by atoms with Crippen LogP contribution in [-0.4, -0.2) is 6.21 Å². The molecule has 1 nitrogen and oxygen atoms in total. The van der Waals surface area contributed by atoms with Crippen LogP contribution in [0.4, 0.5) is 0 Å². The fourth-order valence-electron chi connectivity index (χ4n) is 5.00. The summed E-state index contributed by atoms with van der Waals surface area (Å²) in [5.41, 5.74) is 6.92. The van der Waals surface area contributed by atoms with E-state index in [2.05, 4.69) is 61.5 Å². The van der Waals surface area contributed by atoms with Crippen LogP contribution in [0.2, 0.25) is 0 Å². The second-order valence-corrected chi connectivity index (χ2v) is 7.32. The molecule has 2 aromatic carbocycles. The van der Waals surface area contributed by atoms with Crippen molar-refractivity contribution >= 4 is 12.3 Å². The Bertz CT molecular complexity index is 786. The van der Waals surface area contributed by atoms with Gasteiger partial charge in [-0.25, -0.2) is 0 Å². The third kappa shape index (κ3) is 2.53. The van der Waals surface area contributed by atoms with Gasteiger partial charge >= 0.3 is 0 Å². The van der Waals surface area contributed by atoms with Gasteiger partial charge in [-0.15, -0.1) is 0 Å². The van der Waals surface area contributed by atoms with E-state index in [1.807, 2.05) is 0 Å². The smallest absolute Gasteiger partial charge is 0.0253 e. The minimum Gasteiger partial charge on any atom is -0.308 e. The molecule has 0 radical (unpaired) electrons. The highest BCUT2D eigenvalue weighted by Crippen LogP contribution is 2.51. The fourth-order valence-corrected chi connectivity index (χ4v) is 5.00. The van der Waals surface area contributed by atoms with Crippen molar-refractivity contribution in [1.29, 1.82) is 5.41 Å². The first-order valence-electron chi connectivity index (χ1n) is 9.16. The van der Waals surface area contributed by atoms with Crippen LogP contribution in [0, 0.1) is 11.3 Å². The lowest BCUT2D eigenvalue weighted by Crippen LogP contribution is -2.25.